The maximum Gasteiger partial charge on any atom is 0.132 e. The number of ether oxygens (including phenoxy) is 1. The third-order valence-electron chi connectivity index (χ3n) is 6.92. The van der Waals surface area contributed by atoms with Crippen molar-refractivity contribution >= 4 is 16.7 Å². The van der Waals surface area contributed by atoms with Crippen LogP contribution in [0.3, 0.4) is 0 Å². The summed E-state index contributed by atoms with van der Waals surface area (Å²) in [6, 6.07) is 9.46. The minimum absolute atomic E-state index is 0.000433. The van der Waals surface area contributed by atoms with E-state index in [2.05, 4.69) is 56.1 Å². The van der Waals surface area contributed by atoms with Gasteiger partial charge in [0.15, 0.2) is 0 Å². The average Bonchev–Trinajstić information content (AvgIpc) is 3.25. The van der Waals surface area contributed by atoms with Crippen molar-refractivity contribution in [3.05, 3.63) is 30.6 Å². The molecule has 2 atom stereocenters. The van der Waals surface area contributed by atoms with Crippen molar-refractivity contribution in [2.24, 2.45) is 0 Å². The fraction of sp³-hybridized carbons (Fsp3) is 0.500. The largest absolute Gasteiger partial charge is 0.488 e. The molecule has 7 nitrogen and oxygen atoms in total. The molecule has 3 aliphatic rings. The first-order chi connectivity index (χ1) is 14.1. The molecule has 4 heterocycles. The number of aromatic nitrogens is 4. The summed E-state index contributed by atoms with van der Waals surface area (Å²) in [6.07, 6.45) is 6.46. The maximum atomic E-state index is 6.15. The Balaban J connectivity index is 1.33. The molecular formula is C22H26N6O. The predicted octanol–water partition coefficient (Wildman–Crippen LogP) is 3.23. The van der Waals surface area contributed by atoms with Gasteiger partial charge in [-0.15, -0.1) is 0 Å². The quantitative estimate of drug-likeness (QED) is 0.738. The Morgan fingerprint density at radius 1 is 1.10 bits per heavy atom. The minimum atomic E-state index is 0.000433. The van der Waals surface area contributed by atoms with Crippen molar-refractivity contribution in [3.63, 3.8) is 0 Å². The van der Waals surface area contributed by atoms with Gasteiger partial charge in [-0.3, -0.25) is 10.00 Å². The number of fused-ring (bicyclic) bond motifs is 3. The molecule has 2 aliphatic heterocycles. The predicted molar refractivity (Wildman–Crippen MR) is 112 cm³/mol. The van der Waals surface area contributed by atoms with E-state index in [1.807, 2.05) is 12.1 Å². The Morgan fingerprint density at radius 2 is 1.90 bits per heavy atom. The van der Waals surface area contributed by atoms with E-state index in [1.54, 1.807) is 6.33 Å². The number of anilines is 1. The van der Waals surface area contributed by atoms with Crippen LogP contribution in [0.15, 0.2) is 30.6 Å². The first-order valence-electron chi connectivity index (χ1n) is 10.5. The number of hydrogen-bond acceptors (Lipinski definition) is 6. The monoisotopic (exact) mass is 390 g/mol. The summed E-state index contributed by atoms with van der Waals surface area (Å²) >= 11 is 0. The number of piperazine rings is 1. The Labute approximate surface area is 170 Å². The smallest absolute Gasteiger partial charge is 0.132 e. The van der Waals surface area contributed by atoms with Gasteiger partial charge in [-0.2, -0.15) is 5.10 Å². The highest BCUT2D eigenvalue weighted by molar-refractivity contribution is 5.93. The summed E-state index contributed by atoms with van der Waals surface area (Å²) in [7, 11) is 2.25. The van der Waals surface area contributed by atoms with Crippen LogP contribution in [-0.2, 0) is 0 Å². The molecule has 150 valence electrons. The average molecular weight is 390 g/mol. The lowest BCUT2D eigenvalue weighted by Gasteiger charge is -2.39. The Hall–Kier alpha value is -2.67. The van der Waals surface area contributed by atoms with Gasteiger partial charge in [-0.1, -0.05) is 0 Å². The maximum absolute atomic E-state index is 6.15. The third kappa shape index (κ3) is 2.95. The molecule has 2 bridgehead atoms. The Bertz CT molecular complexity index is 1060. The number of hydrogen-bond donors (Lipinski definition) is 1. The lowest BCUT2D eigenvalue weighted by Crippen LogP contribution is -2.52. The summed E-state index contributed by atoms with van der Waals surface area (Å²) in [5, 5.41) is 8.73. The summed E-state index contributed by atoms with van der Waals surface area (Å²) in [4.78, 5) is 14.1. The van der Waals surface area contributed by atoms with Gasteiger partial charge in [-0.05, 0) is 57.9 Å². The molecule has 0 unspecified atom stereocenters. The van der Waals surface area contributed by atoms with Crippen LogP contribution in [0.4, 0.5) is 5.82 Å². The van der Waals surface area contributed by atoms with E-state index < -0.39 is 0 Å². The Morgan fingerprint density at radius 3 is 2.66 bits per heavy atom. The van der Waals surface area contributed by atoms with Gasteiger partial charge in [0.05, 0.1) is 11.2 Å². The summed E-state index contributed by atoms with van der Waals surface area (Å²) in [5.74, 6) is 1.89. The lowest BCUT2D eigenvalue weighted by molar-refractivity contribution is 0.200. The molecule has 6 rings (SSSR count). The molecule has 1 aliphatic carbocycles. The van der Waals surface area contributed by atoms with Crippen LogP contribution in [0, 0.1) is 0 Å². The second-order valence-electron chi connectivity index (χ2n) is 9.05. The lowest BCUT2D eigenvalue weighted by atomic mass is 10.1. The second-order valence-corrected chi connectivity index (χ2v) is 9.05. The van der Waals surface area contributed by atoms with Crippen molar-refractivity contribution in [3.8, 4) is 17.1 Å². The zero-order valence-corrected chi connectivity index (χ0v) is 16.9. The van der Waals surface area contributed by atoms with E-state index in [4.69, 9.17) is 4.74 Å². The first-order valence-corrected chi connectivity index (χ1v) is 10.5. The van der Waals surface area contributed by atoms with Gasteiger partial charge >= 0.3 is 0 Å². The number of rotatable bonds is 4. The van der Waals surface area contributed by atoms with Crippen molar-refractivity contribution in [1.82, 2.24) is 25.1 Å². The molecule has 0 radical (unpaired) electrons. The highest BCUT2D eigenvalue weighted by Crippen LogP contribution is 2.40. The third-order valence-corrected chi connectivity index (χ3v) is 6.92. The van der Waals surface area contributed by atoms with Gasteiger partial charge < -0.3 is 9.64 Å². The van der Waals surface area contributed by atoms with Crippen molar-refractivity contribution in [2.45, 2.75) is 50.3 Å². The molecule has 0 amide bonds. The number of nitrogens with one attached hydrogen (secondary N) is 1. The van der Waals surface area contributed by atoms with Crippen LogP contribution < -0.4 is 9.64 Å². The van der Waals surface area contributed by atoms with Crippen LogP contribution in [0.5, 0.6) is 5.75 Å². The summed E-state index contributed by atoms with van der Waals surface area (Å²) in [6.45, 7) is 4.22. The van der Waals surface area contributed by atoms with Crippen molar-refractivity contribution in [2.75, 3.05) is 25.0 Å². The van der Waals surface area contributed by atoms with E-state index in [0.717, 1.165) is 59.8 Å². The van der Waals surface area contributed by atoms with Gasteiger partial charge in [-0.25, -0.2) is 9.97 Å². The highest BCUT2D eigenvalue weighted by Gasteiger charge is 2.40. The minimum Gasteiger partial charge on any atom is -0.488 e. The standard InChI is InChI=1S/C22H26N6O/c1-22(7-8-22)29-16-5-6-18-17(9-16)21(26-25-18)19-10-20(24-13-23-19)28-11-14-3-4-15(12-28)27(14)2/h5-6,9-10,13-15H,3-4,7-8,11-12H2,1-2H3,(H,25,26)/t14-,15+. The van der Waals surface area contributed by atoms with Crippen molar-refractivity contribution < 1.29 is 4.74 Å². The van der Waals surface area contributed by atoms with Crippen LogP contribution in [-0.4, -0.2) is 62.9 Å². The van der Waals surface area contributed by atoms with E-state index >= 15 is 0 Å². The molecule has 0 spiro atoms. The molecule has 1 N–H and O–H groups in total. The van der Waals surface area contributed by atoms with E-state index in [1.165, 1.54) is 12.8 Å². The highest BCUT2D eigenvalue weighted by atomic mass is 16.5. The van der Waals surface area contributed by atoms with Crippen LogP contribution >= 0.6 is 0 Å². The van der Waals surface area contributed by atoms with Crippen LogP contribution in [0.1, 0.15) is 32.6 Å². The summed E-state index contributed by atoms with van der Waals surface area (Å²) in [5.41, 5.74) is 2.70. The first kappa shape index (κ1) is 17.2. The number of aromatic amines is 1. The fourth-order valence-electron chi connectivity index (χ4n) is 4.76. The molecule has 3 fully saturated rings. The fourth-order valence-corrected chi connectivity index (χ4v) is 4.76. The molecule has 7 heteroatoms. The van der Waals surface area contributed by atoms with Crippen molar-refractivity contribution in [1.29, 1.82) is 0 Å². The Kier molecular flexibility index (Phi) is 3.66. The number of H-pyrrole nitrogens is 1. The van der Waals surface area contributed by atoms with E-state index in [-0.39, 0.29) is 5.60 Å². The zero-order chi connectivity index (χ0) is 19.6. The summed E-state index contributed by atoms with van der Waals surface area (Å²) < 4.78 is 6.15. The van der Waals surface area contributed by atoms with Crippen LogP contribution in [0.25, 0.3) is 22.3 Å². The normalized spacial score (nSPS) is 25.5. The van der Waals surface area contributed by atoms with Gasteiger partial charge in [0.25, 0.3) is 0 Å². The molecule has 1 aromatic carbocycles. The number of likely N-dealkylation sites (N-methyl/N-ethyl adjacent to an activating group) is 1. The van der Waals surface area contributed by atoms with E-state index in [0.29, 0.717) is 12.1 Å². The molecule has 29 heavy (non-hydrogen) atoms. The molecule has 2 aromatic heterocycles. The topological polar surface area (TPSA) is 70.2 Å². The zero-order valence-electron chi connectivity index (χ0n) is 16.9. The van der Waals surface area contributed by atoms with Crippen LogP contribution in [0.2, 0.25) is 0 Å². The van der Waals surface area contributed by atoms with Gasteiger partial charge in [0.2, 0.25) is 0 Å². The van der Waals surface area contributed by atoms with Gasteiger partial charge in [0.1, 0.15) is 29.2 Å². The SMILES string of the molecule is CN1[C@@H]2CC[C@H]1CN(c1cc(-c3n[nH]c4ccc(OC5(C)CC5)cc34)ncn1)C2. The molecular weight excluding hydrogens is 364 g/mol. The second kappa shape index (κ2) is 6.16. The number of benzene rings is 1. The van der Waals surface area contributed by atoms with E-state index in [9.17, 15) is 0 Å². The number of nitrogens with zero attached hydrogens (tertiary/aromatic N) is 5. The molecule has 2 saturated heterocycles. The molecule has 3 aromatic rings. The van der Waals surface area contributed by atoms with Gasteiger partial charge in [0, 0.05) is 36.6 Å². The molecule has 1 saturated carbocycles.